The summed E-state index contributed by atoms with van der Waals surface area (Å²) in [7, 11) is 0. The van der Waals surface area contributed by atoms with E-state index in [9.17, 15) is 0 Å². The van der Waals surface area contributed by atoms with E-state index < -0.39 is 0 Å². The van der Waals surface area contributed by atoms with Crippen LogP contribution in [0.15, 0.2) is 54.6 Å². The lowest BCUT2D eigenvalue weighted by molar-refractivity contribution is 0.306. The zero-order chi connectivity index (χ0) is 12.9. The second-order valence-corrected chi connectivity index (χ2v) is 4.97. The van der Waals surface area contributed by atoms with Gasteiger partial charge in [-0.05, 0) is 30.5 Å². The van der Waals surface area contributed by atoms with Gasteiger partial charge in [0.05, 0.1) is 0 Å². The predicted molar refractivity (Wildman–Crippen MR) is 78.7 cm³/mol. The molecule has 19 heavy (non-hydrogen) atoms. The maximum atomic E-state index is 5.87. The van der Waals surface area contributed by atoms with E-state index in [2.05, 4.69) is 35.2 Å². The Kier molecular flexibility index (Phi) is 3.68. The van der Waals surface area contributed by atoms with Crippen molar-refractivity contribution in [1.82, 2.24) is 0 Å². The second kappa shape index (κ2) is 5.79. The van der Waals surface area contributed by atoms with Crippen molar-refractivity contribution in [3.8, 4) is 5.75 Å². The van der Waals surface area contributed by atoms with Gasteiger partial charge >= 0.3 is 0 Å². The third-order valence-electron chi connectivity index (χ3n) is 3.54. The third-order valence-corrected chi connectivity index (χ3v) is 3.54. The van der Waals surface area contributed by atoms with Crippen LogP contribution in [-0.4, -0.2) is 13.1 Å². The van der Waals surface area contributed by atoms with Crippen molar-refractivity contribution in [1.29, 1.82) is 0 Å². The Morgan fingerprint density at radius 3 is 2.47 bits per heavy atom. The maximum Gasteiger partial charge on any atom is 0.121 e. The number of rotatable bonds is 4. The van der Waals surface area contributed by atoms with Gasteiger partial charge in [-0.3, -0.25) is 0 Å². The highest BCUT2D eigenvalue weighted by molar-refractivity contribution is 5.51. The van der Waals surface area contributed by atoms with Gasteiger partial charge in [-0.2, -0.15) is 0 Å². The number of ether oxygens (including phenoxy) is 1. The molecule has 0 unspecified atom stereocenters. The van der Waals surface area contributed by atoms with Crippen molar-refractivity contribution in [3.05, 3.63) is 60.2 Å². The van der Waals surface area contributed by atoms with E-state index in [0.29, 0.717) is 6.61 Å². The first-order chi connectivity index (χ1) is 9.42. The highest BCUT2D eigenvalue weighted by atomic mass is 16.5. The molecule has 1 aliphatic rings. The zero-order valence-electron chi connectivity index (χ0n) is 11.1. The molecule has 1 heterocycles. The molecule has 2 aromatic rings. The molecular weight excluding hydrogens is 234 g/mol. The van der Waals surface area contributed by atoms with E-state index in [-0.39, 0.29) is 0 Å². The lowest BCUT2D eigenvalue weighted by Crippen LogP contribution is -2.17. The molecule has 0 spiro atoms. The minimum atomic E-state index is 0.629. The van der Waals surface area contributed by atoms with Gasteiger partial charge in [0, 0.05) is 24.8 Å². The number of hydrogen-bond donors (Lipinski definition) is 0. The summed E-state index contributed by atoms with van der Waals surface area (Å²) < 4.78 is 5.87. The van der Waals surface area contributed by atoms with Crippen LogP contribution in [0, 0.1) is 0 Å². The minimum absolute atomic E-state index is 0.629. The van der Waals surface area contributed by atoms with Crippen molar-refractivity contribution in [2.75, 3.05) is 18.0 Å². The Bertz CT molecular complexity index is 518. The summed E-state index contributed by atoms with van der Waals surface area (Å²) in [5.41, 5.74) is 2.48. The fourth-order valence-electron chi connectivity index (χ4n) is 2.49. The largest absolute Gasteiger partial charge is 0.489 e. The summed E-state index contributed by atoms with van der Waals surface area (Å²) in [5, 5.41) is 0. The number of nitrogens with zero attached hydrogens (tertiary/aromatic N) is 1. The van der Waals surface area contributed by atoms with Crippen LogP contribution in [0.2, 0.25) is 0 Å². The molecule has 1 saturated heterocycles. The molecule has 0 bridgehead atoms. The van der Waals surface area contributed by atoms with Crippen LogP contribution in [-0.2, 0) is 6.61 Å². The molecule has 98 valence electrons. The van der Waals surface area contributed by atoms with Crippen LogP contribution in [0.25, 0.3) is 0 Å². The molecule has 2 aromatic carbocycles. The Morgan fingerprint density at radius 1 is 0.895 bits per heavy atom. The zero-order valence-corrected chi connectivity index (χ0v) is 11.1. The fraction of sp³-hybridized carbons (Fsp3) is 0.294. The van der Waals surface area contributed by atoms with Gasteiger partial charge < -0.3 is 9.64 Å². The molecular formula is C17H19NO. The molecule has 1 aliphatic heterocycles. The molecule has 0 N–H and O–H groups in total. The Morgan fingerprint density at radius 2 is 1.68 bits per heavy atom. The van der Waals surface area contributed by atoms with E-state index in [1.54, 1.807) is 0 Å². The van der Waals surface area contributed by atoms with Crippen LogP contribution < -0.4 is 9.64 Å². The number of benzene rings is 2. The Balaban J connectivity index is 1.66. The lowest BCUT2D eigenvalue weighted by Gasteiger charge is -2.18. The van der Waals surface area contributed by atoms with Crippen molar-refractivity contribution < 1.29 is 4.74 Å². The monoisotopic (exact) mass is 253 g/mol. The second-order valence-electron chi connectivity index (χ2n) is 4.97. The van der Waals surface area contributed by atoms with Gasteiger partial charge in [-0.25, -0.2) is 0 Å². The van der Waals surface area contributed by atoms with Crippen LogP contribution in [0.1, 0.15) is 18.4 Å². The average molecular weight is 253 g/mol. The molecule has 2 heteroatoms. The summed E-state index contributed by atoms with van der Waals surface area (Å²) in [5.74, 6) is 0.952. The highest BCUT2D eigenvalue weighted by Crippen LogP contribution is 2.24. The lowest BCUT2D eigenvalue weighted by atomic mass is 10.2. The number of hydrogen-bond acceptors (Lipinski definition) is 2. The summed E-state index contributed by atoms with van der Waals surface area (Å²) >= 11 is 0. The van der Waals surface area contributed by atoms with Gasteiger partial charge in [0.2, 0.25) is 0 Å². The quantitative estimate of drug-likeness (QED) is 0.820. The van der Waals surface area contributed by atoms with Crippen molar-refractivity contribution in [2.45, 2.75) is 19.4 Å². The normalized spacial score (nSPS) is 14.6. The highest BCUT2D eigenvalue weighted by Gasteiger charge is 2.12. The topological polar surface area (TPSA) is 12.5 Å². The van der Waals surface area contributed by atoms with Crippen molar-refractivity contribution in [2.24, 2.45) is 0 Å². The summed E-state index contributed by atoms with van der Waals surface area (Å²) in [4.78, 5) is 2.43. The predicted octanol–water partition coefficient (Wildman–Crippen LogP) is 3.87. The van der Waals surface area contributed by atoms with E-state index in [1.165, 1.54) is 37.2 Å². The molecule has 0 aliphatic carbocycles. The summed E-state index contributed by atoms with van der Waals surface area (Å²) in [6.07, 6.45) is 2.60. The van der Waals surface area contributed by atoms with Gasteiger partial charge in [0.25, 0.3) is 0 Å². The van der Waals surface area contributed by atoms with Crippen LogP contribution >= 0.6 is 0 Å². The summed E-state index contributed by atoms with van der Waals surface area (Å²) in [6, 6.07) is 18.7. The van der Waals surface area contributed by atoms with Crippen molar-refractivity contribution >= 4 is 5.69 Å². The summed E-state index contributed by atoms with van der Waals surface area (Å²) in [6.45, 7) is 2.97. The molecule has 0 amide bonds. The van der Waals surface area contributed by atoms with E-state index >= 15 is 0 Å². The smallest absolute Gasteiger partial charge is 0.121 e. The van der Waals surface area contributed by atoms with Gasteiger partial charge in [0.1, 0.15) is 12.4 Å². The standard InChI is InChI=1S/C17H19NO/c1-2-7-15(8-3-1)14-19-17-10-6-9-16(13-17)18-11-4-5-12-18/h1-3,6-10,13H,4-5,11-12,14H2. The molecule has 2 nitrogen and oxygen atoms in total. The van der Waals surface area contributed by atoms with E-state index in [4.69, 9.17) is 4.74 Å². The Hall–Kier alpha value is -1.96. The van der Waals surface area contributed by atoms with Crippen molar-refractivity contribution in [3.63, 3.8) is 0 Å². The number of anilines is 1. The van der Waals surface area contributed by atoms with Crippen LogP contribution in [0.5, 0.6) is 5.75 Å². The molecule has 3 rings (SSSR count). The Labute approximate surface area is 114 Å². The minimum Gasteiger partial charge on any atom is -0.489 e. The maximum absolute atomic E-state index is 5.87. The van der Waals surface area contributed by atoms with E-state index in [1.807, 2.05) is 24.3 Å². The first-order valence-corrected chi connectivity index (χ1v) is 6.93. The molecule has 0 atom stereocenters. The van der Waals surface area contributed by atoms with Gasteiger partial charge in [-0.15, -0.1) is 0 Å². The molecule has 0 radical (unpaired) electrons. The SMILES string of the molecule is c1ccc(COc2cccc(N3CCCC3)c2)cc1. The van der Waals surface area contributed by atoms with Gasteiger partial charge in [-0.1, -0.05) is 36.4 Å². The van der Waals surface area contributed by atoms with Gasteiger partial charge in [0.15, 0.2) is 0 Å². The molecule has 0 saturated carbocycles. The first-order valence-electron chi connectivity index (χ1n) is 6.93. The average Bonchev–Trinajstić information content (AvgIpc) is 3.01. The fourth-order valence-corrected chi connectivity index (χ4v) is 2.49. The van der Waals surface area contributed by atoms with Crippen LogP contribution in [0.3, 0.4) is 0 Å². The first kappa shape index (κ1) is 12.1. The van der Waals surface area contributed by atoms with E-state index in [0.717, 1.165) is 5.75 Å². The molecule has 0 aromatic heterocycles. The molecule has 1 fully saturated rings. The third kappa shape index (κ3) is 3.08. The van der Waals surface area contributed by atoms with Crippen LogP contribution in [0.4, 0.5) is 5.69 Å².